The van der Waals surface area contributed by atoms with E-state index in [0.29, 0.717) is 43.4 Å². The van der Waals surface area contributed by atoms with Crippen molar-refractivity contribution < 1.29 is 28.8 Å². The summed E-state index contributed by atoms with van der Waals surface area (Å²) >= 11 is 0. The van der Waals surface area contributed by atoms with Gasteiger partial charge in [0.25, 0.3) is 0 Å². The van der Waals surface area contributed by atoms with Crippen molar-refractivity contribution in [2.75, 3.05) is 33.4 Å². The zero-order chi connectivity index (χ0) is 25.5. The molecule has 0 unspecified atom stereocenters. The first-order chi connectivity index (χ1) is 17.3. The fraction of sp³-hybridized carbons (Fsp3) is 0.444. The summed E-state index contributed by atoms with van der Waals surface area (Å²) < 4.78 is 32.4. The molecule has 0 saturated carbocycles. The molecule has 1 aromatic heterocycles. The predicted molar refractivity (Wildman–Crippen MR) is 133 cm³/mol. The fourth-order valence-electron chi connectivity index (χ4n) is 4.37. The van der Waals surface area contributed by atoms with Crippen LogP contribution >= 0.6 is 0 Å². The number of nitrogens with zero attached hydrogens (tertiary/aromatic N) is 3. The van der Waals surface area contributed by atoms with Crippen molar-refractivity contribution in [1.82, 2.24) is 14.7 Å². The van der Waals surface area contributed by atoms with Crippen LogP contribution in [0.3, 0.4) is 0 Å². The van der Waals surface area contributed by atoms with Crippen LogP contribution in [0, 0.1) is 12.7 Å². The average molecular weight is 500 g/mol. The molecular weight excluding hydrogens is 465 g/mol. The summed E-state index contributed by atoms with van der Waals surface area (Å²) in [6, 6.07) is 11.5. The maximum Gasteiger partial charge on any atom is 0.161 e. The van der Waals surface area contributed by atoms with Crippen LogP contribution in [0.2, 0.25) is 0 Å². The van der Waals surface area contributed by atoms with Gasteiger partial charge in [0.2, 0.25) is 0 Å². The number of aliphatic hydroxyl groups excluding tert-OH is 1. The standard InChI is InChI=1S/C27H34FN3O5/c1-20-15-29-31(16-20)10-4-12-35-24-8-7-21(13-25(24)34-2)17-30-11-9-26(32)27(33,18-30)19-36-23-6-3-5-22(28)14-23/h3,5-8,13-16,26,32-33H,4,9-12,17-19H2,1-2H3/t26-,27-/m0/s1. The lowest BCUT2D eigenvalue weighted by Gasteiger charge is -2.42. The lowest BCUT2D eigenvalue weighted by molar-refractivity contribution is -0.140. The number of piperidine rings is 1. The Hall–Kier alpha value is -3.14. The van der Waals surface area contributed by atoms with E-state index in [4.69, 9.17) is 14.2 Å². The third-order valence-electron chi connectivity index (χ3n) is 6.31. The molecule has 8 nitrogen and oxygen atoms in total. The highest BCUT2D eigenvalue weighted by molar-refractivity contribution is 5.43. The molecule has 1 aliphatic rings. The second-order valence-corrected chi connectivity index (χ2v) is 9.33. The molecule has 9 heteroatoms. The lowest BCUT2D eigenvalue weighted by atomic mass is 9.90. The number of likely N-dealkylation sites (tertiary alicyclic amines) is 1. The maximum atomic E-state index is 13.4. The molecule has 0 radical (unpaired) electrons. The molecule has 3 aromatic rings. The minimum absolute atomic E-state index is 0.137. The number of aryl methyl sites for hydroxylation is 2. The van der Waals surface area contributed by atoms with Crippen LogP contribution in [0.4, 0.5) is 4.39 Å². The Morgan fingerprint density at radius 1 is 1.17 bits per heavy atom. The first-order valence-electron chi connectivity index (χ1n) is 12.1. The second kappa shape index (κ2) is 11.7. The van der Waals surface area contributed by atoms with Crippen molar-refractivity contribution >= 4 is 0 Å². The Labute approximate surface area is 210 Å². The molecule has 194 valence electrons. The van der Waals surface area contributed by atoms with Gasteiger partial charge in [-0.25, -0.2) is 4.39 Å². The lowest BCUT2D eigenvalue weighted by Crippen LogP contribution is -2.59. The van der Waals surface area contributed by atoms with Gasteiger partial charge < -0.3 is 24.4 Å². The molecule has 0 amide bonds. The van der Waals surface area contributed by atoms with E-state index in [0.717, 1.165) is 24.1 Å². The van der Waals surface area contributed by atoms with Gasteiger partial charge in [-0.3, -0.25) is 9.58 Å². The highest BCUT2D eigenvalue weighted by atomic mass is 19.1. The average Bonchev–Trinajstić information content (AvgIpc) is 3.28. The van der Waals surface area contributed by atoms with Crippen molar-refractivity contribution in [3.05, 3.63) is 71.8 Å². The number of β-amino-alcohol motifs (C(OH)–C–C–N with tert-alkyl or cyclic N) is 1. The number of rotatable bonds is 11. The van der Waals surface area contributed by atoms with Crippen LogP contribution in [-0.4, -0.2) is 70.0 Å². The van der Waals surface area contributed by atoms with Crippen molar-refractivity contribution in [3.8, 4) is 17.2 Å². The third-order valence-corrected chi connectivity index (χ3v) is 6.31. The number of ether oxygens (including phenoxy) is 3. The molecule has 0 spiro atoms. The smallest absolute Gasteiger partial charge is 0.161 e. The van der Waals surface area contributed by atoms with E-state index < -0.39 is 17.5 Å². The zero-order valence-corrected chi connectivity index (χ0v) is 20.8. The number of hydrogen-bond donors (Lipinski definition) is 2. The van der Waals surface area contributed by atoms with Crippen molar-refractivity contribution in [2.24, 2.45) is 0 Å². The van der Waals surface area contributed by atoms with E-state index in [1.54, 1.807) is 19.2 Å². The Kier molecular flexibility index (Phi) is 8.45. The van der Waals surface area contributed by atoms with Gasteiger partial charge in [0.15, 0.2) is 11.5 Å². The Bertz CT molecular complexity index is 1140. The van der Waals surface area contributed by atoms with Crippen LogP contribution in [0.1, 0.15) is 24.0 Å². The summed E-state index contributed by atoms with van der Waals surface area (Å²) in [7, 11) is 1.61. The minimum Gasteiger partial charge on any atom is -0.493 e. The number of halogens is 1. The summed E-state index contributed by atoms with van der Waals surface area (Å²) in [6.07, 6.45) is 4.13. The SMILES string of the molecule is COc1cc(CN2CC[C@H](O)[C@@](O)(COc3cccc(F)c3)C2)ccc1OCCCn1cc(C)cn1. The van der Waals surface area contributed by atoms with Gasteiger partial charge >= 0.3 is 0 Å². The quantitative estimate of drug-likeness (QED) is 0.392. The van der Waals surface area contributed by atoms with Crippen molar-refractivity contribution in [3.63, 3.8) is 0 Å². The van der Waals surface area contributed by atoms with Gasteiger partial charge in [0.05, 0.1) is 26.0 Å². The Balaban J connectivity index is 1.31. The van der Waals surface area contributed by atoms with E-state index in [1.165, 1.54) is 12.1 Å². The fourth-order valence-corrected chi connectivity index (χ4v) is 4.37. The molecule has 1 saturated heterocycles. The largest absolute Gasteiger partial charge is 0.493 e. The highest BCUT2D eigenvalue weighted by Crippen LogP contribution is 2.30. The molecule has 2 aromatic carbocycles. The van der Waals surface area contributed by atoms with Crippen LogP contribution in [-0.2, 0) is 13.1 Å². The van der Waals surface area contributed by atoms with Gasteiger partial charge in [-0.05, 0) is 48.7 Å². The number of aromatic nitrogens is 2. The van der Waals surface area contributed by atoms with Crippen LogP contribution in [0.25, 0.3) is 0 Å². The normalized spacial score (nSPS) is 20.3. The molecule has 2 N–H and O–H groups in total. The van der Waals surface area contributed by atoms with E-state index in [1.807, 2.05) is 42.2 Å². The van der Waals surface area contributed by atoms with E-state index in [9.17, 15) is 14.6 Å². The van der Waals surface area contributed by atoms with Crippen LogP contribution in [0.15, 0.2) is 54.9 Å². The monoisotopic (exact) mass is 499 g/mol. The Morgan fingerprint density at radius 2 is 2.03 bits per heavy atom. The highest BCUT2D eigenvalue weighted by Gasteiger charge is 2.42. The van der Waals surface area contributed by atoms with Crippen molar-refractivity contribution in [2.45, 2.75) is 44.6 Å². The van der Waals surface area contributed by atoms with Gasteiger partial charge in [-0.15, -0.1) is 0 Å². The number of benzene rings is 2. The van der Waals surface area contributed by atoms with E-state index in [2.05, 4.69) is 10.00 Å². The number of methoxy groups -OCH3 is 1. The Morgan fingerprint density at radius 3 is 2.78 bits per heavy atom. The molecule has 1 aliphatic heterocycles. The molecule has 36 heavy (non-hydrogen) atoms. The number of hydrogen-bond acceptors (Lipinski definition) is 7. The molecule has 0 aliphatic carbocycles. The molecule has 1 fully saturated rings. The first-order valence-corrected chi connectivity index (χ1v) is 12.1. The summed E-state index contributed by atoms with van der Waals surface area (Å²) in [5.41, 5.74) is 0.662. The topological polar surface area (TPSA) is 89.2 Å². The first kappa shape index (κ1) is 25.9. The summed E-state index contributed by atoms with van der Waals surface area (Å²) in [6.45, 7) is 4.60. The molecule has 2 atom stereocenters. The number of aliphatic hydroxyl groups is 2. The van der Waals surface area contributed by atoms with Crippen LogP contribution < -0.4 is 14.2 Å². The maximum absolute atomic E-state index is 13.4. The van der Waals surface area contributed by atoms with Gasteiger partial charge in [0.1, 0.15) is 23.8 Å². The summed E-state index contributed by atoms with van der Waals surface area (Å²) in [5.74, 6) is 1.21. The van der Waals surface area contributed by atoms with E-state index >= 15 is 0 Å². The molecule has 4 rings (SSSR count). The van der Waals surface area contributed by atoms with Crippen molar-refractivity contribution in [1.29, 1.82) is 0 Å². The predicted octanol–water partition coefficient (Wildman–Crippen LogP) is 3.19. The van der Waals surface area contributed by atoms with Gasteiger partial charge in [-0.2, -0.15) is 5.10 Å². The summed E-state index contributed by atoms with van der Waals surface area (Å²) in [5, 5.41) is 25.9. The molecule has 2 heterocycles. The van der Waals surface area contributed by atoms with E-state index in [-0.39, 0.29) is 13.2 Å². The second-order valence-electron chi connectivity index (χ2n) is 9.33. The molecule has 0 bridgehead atoms. The minimum atomic E-state index is -1.47. The zero-order valence-electron chi connectivity index (χ0n) is 20.8. The summed E-state index contributed by atoms with van der Waals surface area (Å²) in [4.78, 5) is 2.06. The van der Waals surface area contributed by atoms with Gasteiger partial charge in [0, 0.05) is 44.9 Å². The van der Waals surface area contributed by atoms with Gasteiger partial charge in [-0.1, -0.05) is 12.1 Å². The third kappa shape index (κ3) is 6.75. The van der Waals surface area contributed by atoms with Crippen LogP contribution in [0.5, 0.6) is 17.2 Å². The molecular formula is C27H34FN3O5.